The first-order valence-corrected chi connectivity index (χ1v) is 7.31. The number of aryl methyl sites for hydroxylation is 1. The lowest BCUT2D eigenvalue weighted by atomic mass is 10.1. The molecule has 0 fully saturated rings. The Bertz CT molecular complexity index is 871. The minimum absolute atomic E-state index is 0.115. The summed E-state index contributed by atoms with van der Waals surface area (Å²) in [6, 6.07) is 10.7. The van der Waals surface area contributed by atoms with E-state index in [1.54, 1.807) is 24.3 Å². The van der Waals surface area contributed by atoms with E-state index < -0.39 is 0 Å². The molecule has 3 aromatic rings. The summed E-state index contributed by atoms with van der Waals surface area (Å²) in [5, 5.41) is 3.40. The van der Waals surface area contributed by atoms with Crippen molar-refractivity contribution in [2.24, 2.45) is 0 Å². The number of nitrogens with one attached hydrogen (secondary N) is 2. The maximum Gasteiger partial charge on any atom is 0.224 e. The molecule has 2 aromatic carbocycles. The molecule has 5 heteroatoms. The van der Waals surface area contributed by atoms with Crippen LogP contribution >= 0.6 is 0 Å². The van der Waals surface area contributed by atoms with Gasteiger partial charge >= 0.3 is 0 Å². The highest BCUT2D eigenvalue weighted by Crippen LogP contribution is 2.23. The van der Waals surface area contributed by atoms with E-state index >= 15 is 0 Å². The Morgan fingerprint density at radius 2 is 1.96 bits per heavy atom. The van der Waals surface area contributed by atoms with Crippen LogP contribution in [0.2, 0.25) is 0 Å². The van der Waals surface area contributed by atoms with Crippen LogP contribution in [0.15, 0.2) is 42.5 Å². The van der Waals surface area contributed by atoms with Gasteiger partial charge < -0.3 is 10.3 Å². The summed E-state index contributed by atoms with van der Waals surface area (Å²) in [6.45, 7) is 1.97. The van der Waals surface area contributed by atoms with Gasteiger partial charge in [-0.25, -0.2) is 8.78 Å². The molecule has 0 aliphatic heterocycles. The number of rotatable bonds is 4. The van der Waals surface area contributed by atoms with Crippen molar-refractivity contribution in [2.45, 2.75) is 19.9 Å². The van der Waals surface area contributed by atoms with Crippen LogP contribution in [-0.4, -0.2) is 10.9 Å². The molecule has 118 valence electrons. The second kappa shape index (κ2) is 6.20. The molecule has 0 spiro atoms. The Balaban J connectivity index is 1.74. The number of halogens is 2. The minimum atomic E-state index is -0.349. The molecule has 0 aliphatic rings. The molecule has 1 amide bonds. The summed E-state index contributed by atoms with van der Waals surface area (Å²) in [4.78, 5) is 15.3. The Labute approximate surface area is 132 Å². The van der Waals surface area contributed by atoms with Crippen molar-refractivity contribution in [3.63, 3.8) is 0 Å². The summed E-state index contributed by atoms with van der Waals surface area (Å²) < 4.78 is 27.0. The van der Waals surface area contributed by atoms with Crippen molar-refractivity contribution in [3.05, 3.63) is 70.9 Å². The number of amides is 1. The van der Waals surface area contributed by atoms with Gasteiger partial charge in [0.2, 0.25) is 5.91 Å². The molecule has 0 saturated heterocycles. The number of aromatic amines is 1. The summed E-state index contributed by atoms with van der Waals surface area (Å²) in [7, 11) is 0. The highest BCUT2D eigenvalue weighted by Gasteiger charge is 2.13. The number of aromatic nitrogens is 1. The molecule has 0 unspecified atom stereocenters. The van der Waals surface area contributed by atoms with E-state index in [1.165, 1.54) is 18.2 Å². The van der Waals surface area contributed by atoms with E-state index in [-0.39, 0.29) is 30.5 Å². The highest BCUT2D eigenvalue weighted by molar-refractivity contribution is 5.90. The van der Waals surface area contributed by atoms with Crippen molar-refractivity contribution >= 4 is 16.8 Å². The SMILES string of the molecule is Cc1[nH]c2ccc(F)cc2c1CC(=O)NCc1ccccc1F. The first kappa shape index (κ1) is 15.2. The molecule has 1 aromatic heterocycles. The van der Waals surface area contributed by atoms with Gasteiger partial charge in [-0.15, -0.1) is 0 Å². The number of carbonyl (C=O) groups is 1. The lowest BCUT2D eigenvalue weighted by Crippen LogP contribution is -2.25. The van der Waals surface area contributed by atoms with Crippen molar-refractivity contribution in [3.8, 4) is 0 Å². The minimum Gasteiger partial charge on any atom is -0.358 e. The zero-order chi connectivity index (χ0) is 16.4. The quantitative estimate of drug-likeness (QED) is 0.759. The smallest absolute Gasteiger partial charge is 0.224 e. The van der Waals surface area contributed by atoms with Gasteiger partial charge in [0.15, 0.2) is 0 Å². The molecular formula is C18H16F2N2O. The molecule has 0 atom stereocenters. The number of benzene rings is 2. The Hall–Kier alpha value is -2.69. The van der Waals surface area contributed by atoms with Gasteiger partial charge in [0, 0.05) is 28.7 Å². The maximum atomic E-state index is 13.5. The fourth-order valence-electron chi connectivity index (χ4n) is 2.64. The summed E-state index contributed by atoms with van der Waals surface area (Å²) in [5.74, 6) is -0.927. The van der Waals surface area contributed by atoms with E-state index in [0.29, 0.717) is 10.9 Å². The molecule has 0 aliphatic carbocycles. The van der Waals surface area contributed by atoms with E-state index in [2.05, 4.69) is 10.3 Å². The fraction of sp³-hybridized carbons (Fsp3) is 0.167. The predicted octanol–water partition coefficient (Wildman–Crippen LogP) is 3.61. The van der Waals surface area contributed by atoms with Crippen molar-refractivity contribution in [1.29, 1.82) is 0 Å². The van der Waals surface area contributed by atoms with Crippen LogP contribution in [-0.2, 0) is 17.8 Å². The average molecular weight is 314 g/mol. The molecule has 0 saturated carbocycles. The van der Waals surface area contributed by atoms with E-state index in [1.807, 2.05) is 6.92 Å². The molecule has 23 heavy (non-hydrogen) atoms. The zero-order valence-corrected chi connectivity index (χ0v) is 12.6. The number of fused-ring (bicyclic) bond motifs is 1. The van der Waals surface area contributed by atoms with Crippen LogP contribution in [0, 0.1) is 18.6 Å². The summed E-state index contributed by atoms with van der Waals surface area (Å²) in [6.07, 6.45) is 0.115. The highest BCUT2D eigenvalue weighted by atomic mass is 19.1. The largest absolute Gasteiger partial charge is 0.358 e. The zero-order valence-electron chi connectivity index (χ0n) is 12.6. The van der Waals surface area contributed by atoms with Crippen LogP contribution in [0.3, 0.4) is 0 Å². The van der Waals surface area contributed by atoms with Gasteiger partial charge in [-0.1, -0.05) is 18.2 Å². The first-order valence-electron chi connectivity index (χ1n) is 7.31. The normalized spacial score (nSPS) is 10.9. The molecule has 0 radical (unpaired) electrons. The van der Waals surface area contributed by atoms with Crippen LogP contribution in [0.5, 0.6) is 0 Å². The summed E-state index contributed by atoms with van der Waals surface area (Å²) in [5.41, 5.74) is 2.81. The predicted molar refractivity (Wildman–Crippen MR) is 84.9 cm³/mol. The van der Waals surface area contributed by atoms with Gasteiger partial charge in [0.1, 0.15) is 11.6 Å². The molecule has 2 N–H and O–H groups in total. The van der Waals surface area contributed by atoms with Gasteiger partial charge in [-0.3, -0.25) is 4.79 Å². The molecule has 0 bridgehead atoms. The molecular weight excluding hydrogens is 298 g/mol. The van der Waals surface area contributed by atoms with E-state index in [0.717, 1.165) is 16.8 Å². The van der Waals surface area contributed by atoms with Gasteiger partial charge in [-0.05, 0) is 36.8 Å². The van der Waals surface area contributed by atoms with Crippen LogP contribution < -0.4 is 5.32 Å². The number of carbonyl (C=O) groups excluding carboxylic acids is 1. The van der Waals surface area contributed by atoms with Crippen LogP contribution in [0.25, 0.3) is 10.9 Å². The average Bonchev–Trinajstić information content (AvgIpc) is 2.82. The molecule has 3 rings (SSSR count). The number of hydrogen-bond donors (Lipinski definition) is 2. The lowest BCUT2D eigenvalue weighted by Gasteiger charge is -2.07. The third kappa shape index (κ3) is 3.23. The maximum absolute atomic E-state index is 13.5. The van der Waals surface area contributed by atoms with Gasteiger partial charge in [0.05, 0.1) is 6.42 Å². The third-order valence-corrected chi connectivity index (χ3v) is 3.85. The molecule has 1 heterocycles. The van der Waals surface area contributed by atoms with Crippen LogP contribution in [0.4, 0.5) is 8.78 Å². The number of hydrogen-bond acceptors (Lipinski definition) is 1. The van der Waals surface area contributed by atoms with E-state index in [9.17, 15) is 13.6 Å². The van der Waals surface area contributed by atoms with Crippen molar-refractivity contribution in [1.82, 2.24) is 10.3 Å². The number of H-pyrrole nitrogens is 1. The fourth-order valence-corrected chi connectivity index (χ4v) is 2.64. The second-order valence-electron chi connectivity index (χ2n) is 5.46. The van der Waals surface area contributed by atoms with Crippen molar-refractivity contribution < 1.29 is 13.6 Å². The first-order chi connectivity index (χ1) is 11.0. The Kier molecular flexibility index (Phi) is 4.10. The van der Waals surface area contributed by atoms with Crippen LogP contribution in [0.1, 0.15) is 16.8 Å². The molecule has 3 nitrogen and oxygen atoms in total. The monoisotopic (exact) mass is 314 g/mol. The lowest BCUT2D eigenvalue weighted by molar-refractivity contribution is -0.120. The standard InChI is InChI=1S/C18H16F2N2O/c1-11-14(15-8-13(19)6-7-17(15)22-11)9-18(23)21-10-12-4-2-3-5-16(12)20/h2-8,22H,9-10H2,1H3,(H,21,23). The van der Waals surface area contributed by atoms with Gasteiger partial charge in [0.25, 0.3) is 0 Å². The third-order valence-electron chi connectivity index (χ3n) is 3.85. The Morgan fingerprint density at radius 3 is 2.74 bits per heavy atom. The van der Waals surface area contributed by atoms with Gasteiger partial charge in [-0.2, -0.15) is 0 Å². The second-order valence-corrected chi connectivity index (χ2v) is 5.46. The topological polar surface area (TPSA) is 44.9 Å². The van der Waals surface area contributed by atoms with Crippen molar-refractivity contribution in [2.75, 3.05) is 0 Å². The summed E-state index contributed by atoms with van der Waals surface area (Å²) >= 11 is 0. The Morgan fingerprint density at radius 1 is 1.17 bits per heavy atom. The van der Waals surface area contributed by atoms with E-state index in [4.69, 9.17) is 0 Å².